The summed E-state index contributed by atoms with van der Waals surface area (Å²) in [6.07, 6.45) is 0.160. The minimum atomic E-state index is -0.224. The number of hydrogen-bond donors (Lipinski definition) is 1. The summed E-state index contributed by atoms with van der Waals surface area (Å²) in [6.45, 7) is 8.08. The van der Waals surface area contributed by atoms with Crippen LogP contribution < -0.4 is 0 Å². The van der Waals surface area contributed by atoms with Crippen LogP contribution in [0.25, 0.3) is 11.3 Å². The van der Waals surface area contributed by atoms with Crippen molar-refractivity contribution in [2.24, 2.45) is 0 Å². The van der Waals surface area contributed by atoms with Crippen molar-refractivity contribution in [3.63, 3.8) is 0 Å². The van der Waals surface area contributed by atoms with Gasteiger partial charge in [-0.3, -0.25) is 9.59 Å². The van der Waals surface area contributed by atoms with Crippen molar-refractivity contribution in [2.45, 2.75) is 41.0 Å². The molecule has 0 aliphatic rings. The molecule has 0 aliphatic carbocycles. The second-order valence-corrected chi connectivity index (χ2v) is 6.06. The SMILES string of the molecule is CC(=O)/C(Cc1c(-c2ccc(C)cc2)oc(C)c1C(C)=O)=C(\C)O. The summed E-state index contributed by atoms with van der Waals surface area (Å²) in [7, 11) is 0. The maximum Gasteiger partial charge on any atom is 0.163 e. The monoisotopic (exact) mass is 326 g/mol. The topological polar surface area (TPSA) is 67.5 Å². The van der Waals surface area contributed by atoms with E-state index in [0.717, 1.165) is 11.1 Å². The number of hydrogen-bond acceptors (Lipinski definition) is 4. The van der Waals surface area contributed by atoms with Crippen LogP contribution in [0.4, 0.5) is 0 Å². The van der Waals surface area contributed by atoms with Crippen LogP contribution in [0.3, 0.4) is 0 Å². The van der Waals surface area contributed by atoms with Gasteiger partial charge in [0.2, 0.25) is 0 Å². The van der Waals surface area contributed by atoms with Gasteiger partial charge in [-0.15, -0.1) is 0 Å². The van der Waals surface area contributed by atoms with E-state index in [1.807, 2.05) is 31.2 Å². The highest BCUT2D eigenvalue weighted by molar-refractivity contribution is 6.00. The van der Waals surface area contributed by atoms with Crippen LogP contribution in [0, 0.1) is 13.8 Å². The zero-order valence-electron chi connectivity index (χ0n) is 14.7. The van der Waals surface area contributed by atoms with Crippen molar-refractivity contribution in [2.75, 3.05) is 0 Å². The quantitative estimate of drug-likeness (QED) is 0.490. The van der Waals surface area contributed by atoms with Crippen LogP contribution in [-0.4, -0.2) is 16.7 Å². The molecule has 0 atom stereocenters. The van der Waals surface area contributed by atoms with Gasteiger partial charge in [0, 0.05) is 23.1 Å². The van der Waals surface area contributed by atoms with E-state index in [-0.39, 0.29) is 29.3 Å². The Bertz CT molecular complexity index is 816. The molecule has 0 radical (unpaired) electrons. The molecule has 4 heteroatoms. The molecule has 0 fully saturated rings. The number of carbonyl (C=O) groups excluding carboxylic acids is 2. The summed E-state index contributed by atoms with van der Waals surface area (Å²) >= 11 is 0. The first-order valence-corrected chi connectivity index (χ1v) is 7.82. The fraction of sp³-hybridized carbons (Fsp3) is 0.300. The van der Waals surface area contributed by atoms with Gasteiger partial charge in [0.15, 0.2) is 11.6 Å². The summed E-state index contributed by atoms with van der Waals surface area (Å²) in [5, 5.41) is 9.82. The van der Waals surface area contributed by atoms with Gasteiger partial charge in [-0.05, 0) is 34.6 Å². The molecule has 0 saturated heterocycles. The highest BCUT2D eigenvalue weighted by atomic mass is 16.3. The number of aliphatic hydroxyl groups excluding tert-OH is 1. The number of furan rings is 1. The van der Waals surface area contributed by atoms with Gasteiger partial charge in [0.05, 0.1) is 11.3 Å². The maximum absolute atomic E-state index is 12.1. The Labute approximate surface area is 141 Å². The van der Waals surface area contributed by atoms with E-state index in [9.17, 15) is 14.7 Å². The largest absolute Gasteiger partial charge is 0.512 e. The third-order valence-corrected chi connectivity index (χ3v) is 4.06. The van der Waals surface area contributed by atoms with Crippen molar-refractivity contribution in [1.29, 1.82) is 0 Å². The predicted molar refractivity (Wildman–Crippen MR) is 93.3 cm³/mol. The predicted octanol–water partition coefficient (Wildman–Crippen LogP) is 4.73. The summed E-state index contributed by atoms with van der Waals surface area (Å²) in [5.74, 6) is 0.705. The molecule has 0 unspecified atom stereocenters. The lowest BCUT2D eigenvalue weighted by Crippen LogP contribution is -2.07. The average Bonchev–Trinajstić information content (AvgIpc) is 2.81. The number of ketones is 2. The Morgan fingerprint density at radius 3 is 2.08 bits per heavy atom. The van der Waals surface area contributed by atoms with Crippen LogP contribution in [-0.2, 0) is 11.2 Å². The first-order chi connectivity index (χ1) is 11.2. The highest BCUT2D eigenvalue weighted by Crippen LogP contribution is 2.34. The fourth-order valence-corrected chi connectivity index (χ4v) is 2.84. The van der Waals surface area contributed by atoms with Crippen molar-refractivity contribution >= 4 is 11.6 Å². The lowest BCUT2D eigenvalue weighted by atomic mass is 9.93. The molecule has 2 rings (SSSR count). The van der Waals surface area contributed by atoms with E-state index in [0.29, 0.717) is 22.6 Å². The minimum absolute atomic E-state index is 0.0364. The number of carbonyl (C=O) groups is 2. The first kappa shape index (κ1) is 17.7. The number of allylic oxidation sites excluding steroid dienone is 2. The fourth-order valence-electron chi connectivity index (χ4n) is 2.84. The minimum Gasteiger partial charge on any atom is -0.512 e. The third kappa shape index (κ3) is 3.48. The summed E-state index contributed by atoms with van der Waals surface area (Å²) in [6, 6.07) is 7.76. The van der Waals surface area contributed by atoms with Crippen LogP contribution in [0.15, 0.2) is 40.0 Å². The Balaban J connectivity index is 2.67. The smallest absolute Gasteiger partial charge is 0.163 e. The number of rotatable bonds is 5. The zero-order valence-corrected chi connectivity index (χ0v) is 14.7. The van der Waals surface area contributed by atoms with Gasteiger partial charge in [0.25, 0.3) is 0 Å². The van der Waals surface area contributed by atoms with E-state index >= 15 is 0 Å². The van der Waals surface area contributed by atoms with Gasteiger partial charge < -0.3 is 9.52 Å². The Kier molecular flexibility index (Phi) is 5.07. The normalized spacial score (nSPS) is 12.0. The molecule has 0 aliphatic heterocycles. The molecular formula is C20H22O4. The van der Waals surface area contributed by atoms with Crippen molar-refractivity contribution < 1.29 is 19.1 Å². The third-order valence-electron chi connectivity index (χ3n) is 4.06. The molecule has 0 amide bonds. The van der Waals surface area contributed by atoms with Gasteiger partial charge in [-0.2, -0.15) is 0 Å². The first-order valence-electron chi connectivity index (χ1n) is 7.82. The molecule has 1 aromatic heterocycles. The summed E-state index contributed by atoms with van der Waals surface area (Å²) in [5.41, 5.74) is 3.36. The molecule has 2 aromatic rings. The molecule has 1 aromatic carbocycles. The molecule has 4 nitrogen and oxygen atoms in total. The summed E-state index contributed by atoms with van der Waals surface area (Å²) in [4.78, 5) is 23.9. The molecule has 1 heterocycles. The van der Waals surface area contributed by atoms with Crippen molar-refractivity contribution in [3.8, 4) is 11.3 Å². The molecule has 1 N–H and O–H groups in total. The van der Waals surface area contributed by atoms with Crippen LogP contribution in [0.2, 0.25) is 0 Å². The van der Waals surface area contributed by atoms with Crippen molar-refractivity contribution in [1.82, 2.24) is 0 Å². The Morgan fingerprint density at radius 2 is 1.62 bits per heavy atom. The molecule has 0 spiro atoms. The van der Waals surface area contributed by atoms with Crippen LogP contribution >= 0.6 is 0 Å². The van der Waals surface area contributed by atoms with E-state index < -0.39 is 0 Å². The molecule has 24 heavy (non-hydrogen) atoms. The Morgan fingerprint density at radius 1 is 1.04 bits per heavy atom. The highest BCUT2D eigenvalue weighted by Gasteiger charge is 2.24. The standard InChI is InChI=1S/C20H22O4/c1-11-6-8-16(9-7-11)20-18(10-17(12(2)21)13(3)22)19(14(4)23)15(5)24-20/h6-9,21H,10H2,1-5H3/b17-12+. The summed E-state index contributed by atoms with van der Waals surface area (Å²) < 4.78 is 5.86. The van der Waals surface area contributed by atoms with Gasteiger partial charge in [0.1, 0.15) is 11.5 Å². The number of Topliss-reactive ketones (excluding diaryl/α,β-unsaturated/α-hetero) is 2. The van der Waals surface area contributed by atoms with Crippen LogP contribution in [0.5, 0.6) is 0 Å². The lowest BCUT2D eigenvalue weighted by molar-refractivity contribution is -0.113. The van der Waals surface area contributed by atoms with E-state index in [1.54, 1.807) is 6.92 Å². The van der Waals surface area contributed by atoms with E-state index in [2.05, 4.69) is 0 Å². The van der Waals surface area contributed by atoms with Crippen molar-refractivity contribution in [3.05, 3.63) is 58.0 Å². The maximum atomic E-state index is 12.1. The van der Waals surface area contributed by atoms with Gasteiger partial charge >= 0.3 is 0 Å². The second-order valence-electron chi connectivity index (χ2n) is 6.06. The van der Waals surface area contributed by atoms with E-state index in [1.165, 1.54) is 20.8 Å². The average molecular weight is 326 g/mol. The molecule has 0 saturated carbocycles. The van der Waals surface area contributed by atoms with E-state index in [4.69, 9.17) is 4.42 Å². The number of aryl methyl sites for hydroxylation is 2. The second kappa shape index (κ2) is 6.87. The molecule has 0 bridgehead atoms. The zero-order chi connectivity index (χ0) is 18.0. The molecule has 126 valence electrons. The lowest BCUT2D eigenvalue weighted by Gasteiger charge is -2.08. The number of aliphatic hydroxyl groups is 1. The molecular weight excluding hydrogens is 304 g/mol. The number of benzene rings is 1. The van der Waals surface area contributed by atoms with Crippen LogP contribution in [0.1, 0.15) is 48.0 Å². The van der Waals surface area contributed by atoms with Gasteiger partial charge in [-0.25, -0.2) is 0 Å². The van der Waals surface area contributed by atoms with Gasteiger partial charge in [-0.1, -0.05) is 29.8 Å². The Hall–Kier alpha value is -2.62.